The van der Waals surface area contributed by atoms with Gasteiger partial charge in [-0.25, -0.2) is 0 Å². The van der Waals surface area contributed by atoms with Crippen molar-refractivity contribution in [3.05, 3.63) is 23.1 Å². The normalized spacial score (nSPS) is 18.9. The Kier molecular flexibility index (Phi) is 3.71. The minimum Gasteiger partial charge on any atom is -0.452 e. The molecule has 1 aliphatic heterocycles. The van der Waals surface area contributed by atoms with Crippen LogP contribution in [0.4, 0.5) is 0 Å². The third-order valence-electron chi connectivity index (χ3n) is 2.99. The highest BCUT2D eigenvalue weighted by Crippen LogP contribution is 2.22. The maximum absolute atomic E-state index is 12.0. The van der Waals surface area contributed by atoms with Crippen LogP contribution in [0.15, 0.2) is 16.7 Å². The van der Waals surface area contributed by atoms with Gasteiger partial charge in [0.2, 0.25) is 5.22 Å². The molecule has 2 heterocycles. The van der Waals surface area contributed by atoms with Crippen molar-refractivity contribution in [2.45, 2.75) is 18.4 Å². The standard InChI is InChI=1S/C11H14ClNO4/c12-9-8(1-4-17-9)10(15)13-11(7-14)2-5-16-6-3-11/h1,4,14H,2-3,5-7H2,(H,13,15). The zero-order valence-corrected chi connectivity index (χ0v) is 10.00. The summed E-state index contributed by atoms with van der Waals surface area (Å²) in [4.78, 5) is 12.0. The van der Waals surface area contributed by atoms with Crippen molar-refractivity contribution >= 4 is 17.5 Å². The van der Waals surface area contributed by atoms with Crippen molar-refractivity contribution in [3.63, 3.8) is 0 Å². The van der Waals surface area contributed by atoms with E-state index in [0.717, 1.165) is 0 Å². The van der Waals surface area contributed by atoms with Gasteiger partial charge in [-0.05, 0) is 30.5 Å². The molecular formula is C11H14ClNO4. The van der Waals surface area contributed by atoms with Crippen LogP contribution >= 0.6 is 11.6 Å². The first kappa shape index (κ1) is 12.4. The molecule has 0 bridgehead atoms. The van der Waals surface area contributed by atoms with Crippen molar-refractivity contribution in [1.29, 1.82) is 0 Å². The highest BCUT2D eigenvalue weighted by atomic mass is 35.5. The van der Waals surface area contributed by atoms with Crippen LogP contribution in [0.1, 0.15) is 23.2 Å². The molecule has 94 valence electrons. The molecule has 6 heteroatoms. The van der Waals surface area contributed by atoms with Crippen molar-refractivity contribution in [1.82, 2.24) is 5.32 Å². The summed E-state index contributed by atoms with van der Waals surface area (Å²) in [6.07, 6.45) is 2.53. The molecule has 2 rings (SSSR count). The molecule has 0 saturated carbocycles. The lowest BCUT2D eigenvalue weighted by Crippen LogP contribution is -2.54. The molecule has 1 aromatic heterocycles. The maximum atomic E-state index is 12.0. The molecule has 0 aliphatic carbocycles. The molecule has 0 atom stereocenters. The number of furan rings is 1. The third kappa shape index (κ3) is 2.62. The summed E-state index contributed by atoms with van der Waals surface area (Å²) in [5.41, 5.74) is -0.332. The van der Waals surface area contributed by atoms with Crippen LogP contribution in [0.2, 0.25) is 5.22 Å². The Bertz CT molecular complexity index is 398. The summed E-state index contributed by atoms with van der Waals surface area (Å²) >= 11 is 5.73. The second-order valence-electron chi connectivity index (χ2n) is 4.11. The number of amides is 1. The van der Waals surface area contributed by atoms with Crippen LogP contribution in [0.25, 0.3) is 0 Å². The van der Waals surface area contributed by atoms with Crippen LogP contribution in [-0.4, -0.2) is 36.4 Å². The molecule has 1 aliphatic rings. The highest BCUT2D eigenvalue weighted by molar-refractivity contribution is 6.32. The predicted molar refractivity (Wildman–Crippen MR) is 61.1 cm³/mol. The number of aliphatic hydroxyl groups is 1. The van der Waals surface area contributed by atoms with Crippen LogP contribution in [0.5, 0.6) is 0 Å². The molecule has 2 N–H and O–H groups in total. The first-order chi connectivity index (χ1) is 8.17. The predicted octanol–water partition coefficient (Wildman–Crippen LogP) is 1.20. The van der Waals surface area contributed by atoms with Crippen molar-refractivity contribution in [2.75, 3.05) is 19.8 Å². The Labute approximate surface area is 104 Å². The Morgan fingerprint density at radius 1 is 1.53 bits per heavy atom. The van der Waals surface area contributed by atoms with Crippen LogP contribution in [0, 0.1) is 0 Å². The Hall–Kier alpha value is -1.04. The van der Waals surface area contributed by atoms with Crippen LogP contribution in [-0.2, 0) is 4.74 Å². The molecule has 1 aromatic rings. The van der Waals surface area contributed by atoms with Gasteiger partial charge in [0, 0.05) is 13.2 Å². The van der Waals surface area contributed by atoms with Gasteiger partial charge in [-0.15, -0.1) is 0 Å². The summed E-state index contributed by atoms with van der Waals surface area (Å²) in [7, 11) is 0. The van der Waals surface area contributed by atoms with E-state index in [1.54, 1.807) is 0 Å². The molecule has 0 unspecified atom stereocenters. The number of rotatable bonds is 3. The smallest absolute Gasteiger partial charge is 0.256 e. The summed E-state index contributed by atoms with van der Waals surface area (Å²) in [6, 6.07) is 1.50. The molecule has 1 saturated heterocycles. The Balaban J connectivity index is 2.08. The van der Waals surface area contributed by atoms with E-state index in [-0.39, 0.29) is 23.3 Å². The Morgan fingerprint density at radius 2 is 2.24 bits per heavy atom. The largest absolute Gasteiger partial charge is 0.452 e. The number of hydrogen-bond acceptors (Lipinski definition) is 4. The van der Waals surface area contributed by atoms with E-state index < -0.39 is 5.54 Å². The van der Waals surface area contributed by atoms with E-state index >= 15 is 0 Å². The van der Waals surface area contributed by atoms with Gasteiger partial charge in [0.1, 0.15) is 0 Å². The molecule has 0 radical (unpaired) electrons. The lowest BCUT2D eigenvalue weighted by molar-refractivity contribution is 0.0125. The molecule has 1 fully saturated rings. The van der Waals surface area contributed by atoms with E-state index in [0.29, 0.717) is 26.1 Å². The highest BCUT2D eigenvalue weighted by Gasteiger charge is 2.34. The SMILES string of the molecule is O=C(NC1(CO)CCOCC1)c1ccoc1Cl. The number of hydrogen-bond donors (Lipinski definition) is 2. The minimum atomic E-state index is -0.615. The van der Waals surface area contributed by atoms with Crippen LogP contribution < -0.4 is 5.32 Å². The molecule has 5 nitrogen and oxygen atoms in total. The second-order valence-corrected chi connectivity index (χ2v) is 4.46. The van der Waals surface area contributed by atoms with Crippen LogP contribution in [0.3, 0.4) is 0 Å². The van der Waals surface area contributed by atoms with Gasteiger partial charge in [0.25, 0.3) is 5.91 Å². The fourth-order valence-electron chi connectivity index (χ4n) is 1.85. The first-order valence-corrected chi connectivity index (χ1v) is 5.79. The number of nitrogens with one attached hydrogen (secondary N) is 1. The van der Waals surface area contributed by atoms with Gasteiger partial charge in [-0.3, -0.25) is 4.79 Å². The lowest BCUT2D eigenvalue weighted by Gasteiger charge is -2.36. The van der Waals surface area contributed by atoms with E-state index in [4.69, 9.17) is 20.8 Å². The van der Waals surface area contributed by atoms with Crippen molar-refractivity contribution < 1.29 is 19.1 Å². The molecular weight excluding hydrogens is 246 g/mol. The first-order valence-electron chi connectivity index (χ1n) is 5.41. The monoisotopic (exact) mass is 259 g/mol. The lowest BCUT2D eigenvalue weighted by atomic mass is 9.90. The van der Waals surface area contributed by atoms with Crippen molar-refractivity contribution in [2.24, 2.45) is 0 Å². The van der Waals surface area contributed by atoms with E-state index in [1.807, 2.05) is 0 Å². The third-order valence-corrected chi connectivity index (χ3v) is 3.29. The van der Waals surface area contributed by atoms with Gasteiger partial charge in [-0.2, -0.15) is 0 Å². The minimum absolute atomic E-state index is 0.0580. The summed E-state index contributed by atoms with van der Waals surface area (Å²) in [6.45, 7) is 0.942. The zero-order valence-electron chi connectivity index (χ0n) is 9.24. The quantitative estimate of drug-likeness (QED) is 0.856. The fraction of sp³-hybridized carbons (Fsp3) is 0.545. The number of aliphatic hydroxyl groups excluding tert-OH is 1. The second kappa shape index (κ2) is 5.08. The van der Waals surface area contributed by atoms with Crippen molar-refractivity contribution in [3.8, 4) is 0 Å². The molecule has 0 spiro atoms. The van der Waals surface area contributed by atoms with Gasteiger partial charge in [0.15, 0.2) is 0 Å². The van der Waals surface area contributed by atoms with Gasteiger partial charge < -0.3 is 19.6 Å². The average Bonchev–Trinajstić information content (AvgIpc) is 2.77. The molecule has 1 amide bonds. The van der Waals surface area contributed by atoms with Gasteiger partial charge in [0.05, 0.1) is 24.0 Å². The number of carbonyl (C=O) groups excluding carboxylic acids is 1. The summed E-state index contributed by atoms with van der Waals surface area (Å²) in [5, 5.41) is 12.3. The average molecular weight is 260 g/mol. The molecule has 17 heavy (non-hydrogen) atoms. The zero-order chi connectivity index (χ0) is 12.3. The van der Waals surface area contributed by atoms with E-state index in [1.165, 1.54) is 12.3 Å². The maximum Gasteiger partial charge on any atom is 0.256 e. The van der Waals surface area contributed by atoms with E-state index in [2.05, 4.69) is 5.32 Å². The number of halogens is 1. The number of ether oxygens (including phenoxy) is 1. The van der Waals surface area contributed by atoms with E-state index in [9.17, 15) is 9.90 Å². The van der Waals surface area contributed by atoms with Gasteiger partial charge >= 0.3 is 0 Å². The fourth-order valence-corrected chi connectivity index (χ4v) is 2.05. The number of carbonyl (C=O) groups is 1. The summed E-state index contributed by atoms with van der Waals surface area (Å²) < 4.78 is 10.1. The Morgan fingerprint density at radius 3 is 2.76 bits per heavy atom. The topological polar surface area (TPSA) is 71.7 Å². The van der Waals surface area contributed by atoms with Gasteiger partial charge in [-0.1, -0.05) is 0 Å². The molecule has 0 aromatic carbocycles. The summed E-state index contributed by atoms with van der Waals surface area (Å²) in [5.74, 6) is -0.334.